The van der Waals surface area contributed by atoms with Gasteiger partial charge >= 0.3 is 0 Å². The summed E-state index contributed by atoms with van der Waals surface area (Å²) in [5.41, 5.74) is 3.50. The Morgan fingerprint density at radius 3 is 2.33 bits per heavy atom. The Balaban J connectivity index is 2.12. The molecule has 2 aromatic carbocycles. The summed E-state index contributed by atoms with van der Waals surface area (Å²) in [5, 5.41) is 0. The first-order valence-electron chi connectivity index (χ1n) is 6.70. The number of aromatic amines is 1. The van der Waals surface area contributed by atoms with E-state index in [2.05, 4.69) is 4.98 Å². The standard InChI is InChI=1S/C18H15NO2/c1-21-16-9-5-8-14(10-16)15-11-17(19-18(20)12-15)13-6-3-2-4-7-13/h2-12H,1H3,(H,19,20). The van der Waals surface area contributed by atoms with Crippen LogP contribution in [0.15, 0.2) is 71.5 Å². The maximum absolute atomic E-state index is 11.9. The number of benzene rings is 2. The van der Waals surface area contributed by atoms with Crippen molar-refractivity contribution >= 4 is 0 Å². The van der Waals surface area contributed by atoms with E-state index in [1.807, 2.05) is 60.7 Å². The minimum atomic E-state index is -0.117. The highest BCUT2D eigenvalue weighted by Gasteiger charge is 2.05. The first kappa shape index (κ1) is 13.2. The van der Waals surface area contributed by atoms with E-state index >= 15 is 0 Å². The average molecular weight is 277 g/mol. The largest absolute Gasteiger partial charge is 0.497 e. The number of hydrogen-bond donors (Lipinski definition) is 1. The SMILES string of the molecule is COc1cccc(-c2cc(-c3ccccc3)[nH]c(=O)c2)c1. The molecule has 0 saturated heterocycles. The van der Waals surface area contributed by atoms with Crippen LogP contribution in [-0.2, 0) is 0 Å². The monoisotopic (exact) mass is 277 g/mol. The Kier molecular flexibility index (Phi) is 3.56. The number of H-pyrrole nitrogens is 1. The third-order valence-corrected chi connectivity index (χ3v) is 3.33. The molecule has 0 unspecified atom stereocenters. The Labute approximate surface area is 122 Å². The lowest BCUT2D eigenvalue weighted by Crippen LogP contribution is -2.05. The molecule has 0 aliphatic rings. The summed E-state index contributed by atoms with van der Waals surface area (Å²) in [4.78, 5) is 14.8. The molecule has 21 heavy (non-hydrogen) atoms. The van der Waals surface area contributed by atoms with Gasteiger partial charge in [-0.2, -0.15) is 0 Å². The van der Waals surface area contributed by atoms with E-state index in [1.54, 1.807) is 13.2 Å². The highest BCUT2D eigenvalue weighted by atomic mass is 16.5. The molecule has 1 N–H and O–H groups in total. The molecule has 0 amide bonds. The van der Waals surface area contributed by atoms with Crippen molar-refractivity contribution in [2.45, 2.75) is 0 Å². The molecule has 3 aromatic rings. The van der Waals surface area contributed by atoms with Gasteiger partial charge in [0.25, 0.3) is 0 Å². The summed E-state index contributed by atoms with van der Waals surface area (Å²) in [5.74, 6) is 0.772. The van der Waals surface area contributed by atoms with Gasteiger partial charge in [0.05, 0.1) is 7.11 Å². The summed E-state index contributed by atoms with van der Waals surface area (Å²) in [6.45, 7) is 0. The van der Waals surface area contributed by atoms with Gasteiger partial charge in [-0.3, -0.25) is 4.79 Å². The quantitative estimate of drug-likeness (QED) is 0.792. The van der Waals surface area contributed by atoms with Crippen molar-refractivity contribution < 1.29 is 4.74 Å². The number of rotatable bonds is 3. The van der Waals surface area contributed by atoms with Crippen LogP contribution < -0.4 is 10.3 Å². The second-order valence-corrected chi connectivity index (χ2v) is 4.74. The molecule has 0 aliphatic heterocycles. The van der Waals surface area contributed by atoms with Crippen molar-refractivity contribution in [2.24, 2.45) is 0 Å². The molecule has 0 spiro atoms. The van der Waals surface area contributed by atoms with Crippen LogP contribution >= 0.6 is 0 Å². The molecule has 0 fully saturated rings. The smallest absolute Gasteiger partial charge is 0.249 e. The van der Waals surface area contributed by atoms with Gasteiger partial charge in [-0.15, -0.1) is 0 Å². The fraction of sp³-hybridized carbons (Fsp3) is 0.0556. The zero-order valence-electron chi connectivity index (χ0n) is 11.7. The number of hydrogen-bond acceptors (Lipinski definition) is 2. The highest BCUT2D eigenvalue weighted by molar-refractivity contribution is 5.71. The Morgan fingerprint density at radius 2 is 1.57 bits per heavy atom. The van der Waals surface area contributed by atoms with E-state index in [4.69, 9.17) is 4.74 Å². The topological polar surface area (TPSA) is 42.1 Å². The number of ether oxygens (including phenoxy) is 1. The van der Waals surface area contributed by atoms with Gasteiger partial charge in [-0.1, -0.05) is 42.5 Å². The summed E-state index contributed by atoms with van der Waals surface area (Å²) < 4.78 is 5.24. The lowest BCUT2D eigenvalue weighted by molar-refractivity contribution is 0.415. The zero-order chi connectivity index (χ0) is 14.7. The Morgan fingerprint density at radius 1 is 0.810 bits per heavy atom. The maximum Gasteiger partial charge on any atom is 0.249 e. The average Bonchev–Trinajstić information content (AvgIpc) is 2.55. The number of aromatic nitrogens is 1. The number of nitrogens with one attached hydrogen (secondary N) is 1. The van der Waals surface area contributed by atoms with Crippen LogP contribution in [0.4, 0.5) is 0 Å². The predicted octanol–water partition coefficient (Wildman–Crippen LogP) is 3.72. The fourth-order valence-corrected chi connectivity index (χ4v) is 2.29. The predicted molar refractivity (Wildman–Crippen MR) is 84.5 cm³/mol. The molecule has 3 nitrogen and oxygen atoms in total. The van der Waals surface area contributed by atoms with Crippen molar-refractivity contribution in [1.82, 2.24) is 4.98 Å². The summed E-state index contributed by atoms with van der Waals surface area (Å²) >= 11 is 0. The summed E-state index contributed by atoms with van der Waals surface area (Å²) in [7, 11) is 1.63. The molecule has 0 bridgehead atoms. The van der Waals surface area contributed by atoms with Gasteiger partial charge in [0, 0.05) is 11.8 Å². The third-order valence-electron chi connectivity index (χ3n) is 3.33. The number of methoxy groups -OCH3 is 1. The lowest BCUT2D eigenvalue weighted by Gasteiger charge is -2.07. The lowest BCUT2D eigenvalue weighted by atomic mass is 10.0. The molecule has 3 rings (SSSR count). The molecular weight excluding hydrogens is 262 g/mol. The summed E-state index contributed by atoms with van der Waals surface area (Å²) in [6, 6.07) is 21.1. The molecule has 3 heteroatoms. The molecule has 0 saturated carbocycles. The molecule has 104 valence electrons. The van der Waals surface area contributed by atoms with Gasteiger partial charge in [-0.05, 0) is 34.9 Å². The minimum Gasteiger partial charge on any atom is -0.497 e. The van der Waals surface area contributed by atoms with Crippen molar-refractivity contribution in [1.29, 1.82) is 0 Å². The van der Waals surface area contributed by atoms with Crippen molar-refractivity contribution in [2.75, 3.05) is 7.11 Å². The second kappa shape index (κ2) is 5.67. The Hall–Kier alpha value is -2.81. The van der Waals surface area contributed by atoms with Crippen molar-refractivity contribution in [3.63, 3.8) is 0 Å². The van der Waals surface area contributed by atoms with E-state index in [0.29, 0.717) is 0 Å². The number of pyridine rings is 1. The van der Waals surface area contributed by atoms with E-state index < -0.39 is 0 Å². The molecule has 1 aromatic heterocycles. The van der Waals surface area contributed by atoms with E-state index in [1.165, 1.54) is 0 Å². The second-order valence-electron chi connectivity index (χ2n) is 4.74. The van der Waals surface area contributed by atoms with Crippen LogP contribution in [0.3, 0.4) is 0 Å². The molecular formula is C18H15NO2. The molecule has 0 aliphatic carbocycles. The van der Waals surface area contributed by atoms with Crippen LogP contribution in [-0.4, -0.2) is 12.1 Å². The highest BCUT2D eigenvalue weighted by Crippen LogP contribution is 2.25. The van der Waals surface area contributed by atoms with Crippen molar-refractivity contribution in [3.05, 3.63) is 77.1 Å². The van der Waals surface area contributed by atoms with Gasteiger partial charge in [0.1, 0.15) is 5.75 Å². The van der Waals surface area contributed by atoms with Crippen LogP contribution in [0.1, 0.15) is 0 Å². The van der Waals surface area contributed by atoms with Crippen LogP contribution in [0.5, 0.6) is 5.75 Å². The third kappa shape index (κ3) is 2.87. The molecule has 0 radical (unpaired) electrons. The summed E-state index contributed by atoms with van der Waals surface area (Å²) in [6.07, 6.45) is 0. The van der Waals surface area contributed by atoms with Crippen LogP contribution in [0.25, 0.3) is 22.4 Å². The van der Waals surface area contributed by atoms with Gasteiger partial charge in [0.2, 0.25) is 5.56 Å². The van der Waals surface area contributed by atoms with Crippen LogP contribution in [0.2, 0.25) is 0 Å². The van der Waals surface area contributed by atoms with Gasteiger partial charge < -0.3 is 9.72 Å². The van der Waals surface area contributed by atoms with Gasteiger partial charge in [0.15, 0.2) is 0 Å². The van der Waals surface area contributed by atoms with E-state index in [0.717, 1.165) is 28.1 Å². The Bertz CT molecular complexity index is 807. The van der Waals surface area contributed by atoms with Crippen LogP contribution in [0, 0.1) is 0 Å². The molecule has 1 heterocycles. The molecule has 0 atom stereocenters. The first-order chi connectivity index (χ1) is 10.3. The maximum atomic E-state index is 11.9. The zero-order valence-corrected chi connectivity index (χ0v) is 11.7. The van der Waals surface area contributed by atoms with Gasteiger partial charge in [-0.25, -0.2) is 0 Å². The fourth-order valence-electron chi connectivity index (χ4n) is 2.29. The van der Waals surface area contributed by atoms with Crippen molar-refractivity contribution in [3.8, 4) is 28.1 Å². The normalized spacial score (nSPS) is 10.3. The van der Waals surface area contributed by atoms with E-state index in [9.17, 15) is 4.79 Å². The van der Waals surface area contributed by atoms with E-state index in [-0.39, 0.29) is 5.56 Å². The minimum absolute atomic E-state index is 0.117. The first-order valence-corrected chi connectivity index (χ1v) is 6.70.